The van der Waals surface area contributed by atoms with Crippen molar-refractivity contribution in [2.45, 2.75) is 25.8 Å². The number of carboxylic acid groups (broad SMARTS) is 1. The molecule has 0 saturated carbocycles. The number of terminal acetylenes is 1. The number of para-hydroxylation sites is 1. The van der Waals surface area contributed by atoms with Gasteiger partial charge in [-0.2, -0.15) is 0 Å². The maximum Gasteiger partial charge on any atom is 0.374 e. The average molecular weight is 269 g/mol. The van der Waals surface area contributed by atoms with Crippen molar-refractivity contribution in [3.8, 4) is 12.3 Å². The van der Waals surface area contributed by atoms with E-state index in [1.807, 2.05) is 19.1 Å². The van der Waals surface area contributed by atoms with Gasteiger partial charge in [0, 0.05) is 5.39 Å². The van der Waals surface area contributed by atoms with Crippen molar-refractivity contribution >= 4 is 22.7 Å². The van der Waals surface area contributed by atoms with E-state index in [0.29, 0.717) is 11.3 Å². The lowest BCUT2D eigenvalue weighted by molar-refractivity contribution is 0.0684. The highest BCUT2D eigenvalue weighted by Gasteiger charge is 2.14. The molecule has 5 heteroatoms. The van der Waals surface area contributed by atoms with Crippen LogP contribution in [0.2, 0.25) is 0 Å². The molecule has 0 aliphatic rings. The smallest absolute Gasteiger partial charge is 0.374 e. The van der Waals surface area contributed by atoms with E-state index < -0.39 is 5.97 Å². The molecule has 0 saturated heterocycles. The fraction of sp³-hybridized carbons (Fsp3) is 0.267. The van der Waals surface area contributed by atoms with Crippen LogP contribution in [-0.2, 0) is 0 Å². The van der Waals surface area contributed by atoms with E-state index in [4.69, 9.17) is 11.5 Å². The van der Waals surface area contributed by atoms with E-state index in [1.54, 1.807) is 12.1 Å². The van der Waals surface area contributed by atoms with Gasteiger partial charge in [-0.05, 0) is 18.6 Å². The summed E-state index contributed by atoms with van der Waals surface area (Å²) < 4.78 is 0. The number of anilines is 1. The molecule has 0 fully saturated rings. The Hall–Kier alpha value is -2.61. The van der Waals surface area contributed by atoms with Gasteiger partial charge < -0.3 is 10.4 Å². The first kappa shape index (κ1) is 13.8. The summed E-state index contributed by atoms with van der Waals surface area (Å²) in [4.78, 5) is 19.2. The van der Waals surface area contributed by atoms with Crippen molar-refractivity contribution in [3.63, 3.8) is 0 Å². The Bertz CT molecular complexity index is 676. The molecule has 1 aromatic heterocycles. The second-order valence-electron chi connectivity index (χ2n) is 4.37. The van der Waals surface area contributed by atoms with Gasteiger partial charge in [0.15, 0.2) is 0 Å². The van der Waals surface area contributed by atoms with E-state index in [0.717, 1.165) is 18.2 Å². The summed E-state index contributed by atoms with van der Waals surface area (Å²) in [6, 6.07) is 7.06. The van der Waals surface area contributed by atoms with Gasteiger partial charge in [0.1, 0.15) is 5.82 Å². The largest absolute Gasteiger partial charge is 0.475 e. The van der Waals surface area contributed by atoms with Crippen LogP contribution in [-0.4, -0.2) is 27.1 Å². The summed E-state index contributed by atoms with van der Waals surface area (Å²) in [7, 11) is 0. The molecular weight excluding hydrogens is 254 g/mol. The van der Waals surface area contributed by atoms with Crippen molar-refractivity contribution in [2.24, 2.45) is 0 Å². The Kier molecular flexibility index (Phi) is 4.16. The summed E-state index contributed by atoms with van der Waals surface area (Å²) in [5.41, 5.74) is 0.578. The third-order valence-corrected chi connectivity index (χ3v) is 2.88. The maximum absolute atomic E-state index is 11.1. The minimum absolute atomic E-state index is 0.181. The quantitative estimate of drug-likeness (QED) is 0.816. The van der Waals surface area contributed by atoms with Gasteiger partial charge in [-0.3, -0.25) is 0 Å². The van der Waals surface area contributed by atoms with Crippen molar-refractivity contribution in [3.05, 3.63) is 30.1 Å². The predicted octanol–water partition coefficient (Wildman–Crippen LogP) is 2.54. The number of nitrogens with zero attached hydrogens (tertiary/aromatic N) is 2. The number of nitrogens with one attached hydrogen (secondary N) is 1. The maximum atomic E-state index is 11.1. The zero-order valence-corrected chi connectivity index (χ0v) is 11.1. The molecule has 102 valence electrons. The third kappa shape index (κ3) is 2.86. The first-order valence-corrected chi connectivity index (χ1v) is 6.38. The number of carbonyl (C=O) groups is 1. The van der Waals surface area contributed by atoms with E-state index >= 15 is 0 Å². The molecular formula is C15H15N3O2. The molecule has 0 aliphatic carbocycles. The topological polar surface area (TPSA) is 75.1 Å². The van der Waals surface area contributed by atoms with Gasteiger partial charge >= 0.3 is 5.97 Å². The number of fused-ring (bicyclic) bond motifs is 1. The first-order chi connectivity index (χ1) is 9.65. The normalized spacial score (nSPS) is 11.8. The minimum Gasteiger partial charge on any atom is -0.475 e. The molecule has 20 heavy (non-hydrogen) atoms. The SMILES string of the molecule is C#CC(CCC)Nc1nc(C(=O)O)nc2ccccc12. The number of benzene rings is 1. The predicted molar refractivity (Wildman–Crippen MR) is 77.6 cm³/mol. The average Bonchev–Trinajstić information content (AvgIpc) is 2.46. The first-order valence-electron chi connectivity index (χ1n) is 6.38. The molecule has 2 N–H and O–H groups in total. The van der Waals surface area contributed by atoms with Crippen LogP contribution in [0.25, 0.3) is 10.9 Å². The number of hydrogen-bond acceptors (Lipinski definition) is 4. The Labute approximate surface area is 117 Å². The van der Waals surface area contributed by atoms with E-state index in [2.05, 4.69) is 21.2 Å². The molecule has 2 aromatic rings. The fourth-order valence-electron chi connectivity index (χ4n) is 1.93. The summed E-state index contributed by atoms with van der Waals surface area (Å²) in [5, 5.41) is 12.9. The summed E-state index contributed by atoms with van der Waals surface area (Å²) in [5.74, 6) is 1.71. The molecule has 0 spiro atoms. The van der Waals surface area contributed by atoms with Crippen LogP contribution in [0.4, 0.5) is 5.82 Å². The highest BCUT2D eigenvalue weighted by molar-refractivity contribution is 5.93. The monoisotopic (exact) mass is 269 g/mol. The molecule has 0 amide bonds. The Morgan fingerprint density at radius 3 is 2.85 bits per heavy atom. The molecule has 2 rings (SSSR count). The standard InChI is InChI=1S/C15H15N3O2/c1-3-7-10(4-2)16-13-11-8-5-6-9-12(11)17-14(18-13)15(19)20/h2,5-6,8-10H,3,7H2,1H3,(H,19,20)(H,16,17,18). The number of aromatic nitrogens is 2. The van der Waals surface area contributed by atoms with Crippen molar-refractivity contribution in [1.29, 1.82) is 0 Å². The summed E-state index contributed by atoms with van der Waals surface area (Å²) in [6.07, 6.45) is 7.19. The van der Waals surface area contributed by atoms with Crippen LogP contribution in [0, 0.1) is 12.3 Å². The lowest BCUT2D eigenvalue weighted by Gasteiger charge is -2.14. The second kappa shape index (κ2) is 6.02. The van der Waals surface area contributed by atoms with Crippen LogP contribution in [0.15, 0.2) is 24.3 Å². The molecule has 1 aromatic carbocycles. The molecule has 0 aliphatic heterocycles. The molecule has 0 bridgehead atoms. The van der Waals surface area contributed by atoms with E-state index in [1.165, 1.54) is 0 Å². The van der Waals surface area contributed by atoms with E-state index in [9.17, 15) is 4.79 Å². The Balaban J connectivity index is 2.50. The van der Waals surface area contributed by atoms with Crippen LogP contribution in [0.3, 0.4) is 0 Å². The highest BCUT2D eigenvalue weighted by Crippen LogP contribution is 2.21. The van der Waals surface area contributed by atoms with Gasteiger partial charge in [0.2, 0.25) is 5.82 Å². The number of aromatic carboxylic acids is 1. The summed E-state index contributed by atoms with van der Waals surface area (Å²) in [6.45, 7) is 2.03. The van der Waals surface area contributed by atoms with Crippen LogP contribution in [0.5, 0.6) is 0 Å². The number of carboxylic acids is 1. The van der Waals surface area contributed by atoms with Gasteiger partial charge in [0.05, 0.1) is 11.6 Å². The van der Waals surface area contributed by atoms with Crippen molar-refractivity contribution in [2.75, 3.05) is 5.32 Å². The minimum atomic E-state index is -1.16. The second-order valence-corrected chi connectivity index (χ2v) is 4.37. The van der Waals surface area contributed by atoms with Crippen molar-refractivity contribution < 1.29 is 9.90 Å². The highest BCUT2D eigenvalue weighted by atomic mass is 16.4. The van der Waals surface area contributed by atoms with Gasteiger partial charge in [-0.1, -0.05) is 31.4 Å². The van der Waals surface area contributed by atoms with Crippen molar-refractivity contribution in [1.82, 2.24) is 9.97 Å². The molecule has 1 unspecified atom stereocenters. The molecule has 1 atom stereocenters. The van der Waals surface area contributed by atoms with Crippen LogP contribution >= 0.6 is 0 Å². The third-order valence-electron chi connectivity index (χ3n) is 2.88. The lowest BCUT2D eigenvalue weighted by atomic mass is 10.1. The Morgan fingerprint density at radius 1 is 1.45 bits per heavy atom. The zero-order valence-electron chi connectivity index (χ0n) is 11.1. The fourth-order valence-corrected chi connectivity index (χ4v) is 1.93. The van der Waals surface area contributed by atoms with Crippen LogP contribution in [0.1, 0.15) is 30.4 Å². The lowest BCUT2D eigenvalue weighted by Crippen LogP contribution is -2.19. The Morgan fingerprint density at radius 2 is 2.20 bits per heavy atom. The van der Waals surface area contributed by atoms with Gasteiger partial charge in [-0.25, -0.2) is 14.8 Å². The van der Waals surface area contributed by atoms with Gasteiger partial charge in [-0.15, -0.1) is 6.42 Å². The van der Waals surface area contributed by atoms with E-state index in [-0.39, 0.29) is 11.9 Å². The van der Waals surface area contributed by atoms with Gasteiger partial charge in [0.25, 0.3) is 0 Å². The zero-order chi connectivity index (χ0) is 14.5. The summed E-state index contributed by atoms with van der Waals surface area (Å²) >= 11 is 0. The molecule has 0 radical (unpaired) electrons. The number of rotatable bonds is 5. The molecule has 1 heterocycles. The molecule has 5 nitrogen and oxygen atoms in total. The van der Waals surface area contributed by atoms with Crippen LogP contribution < -0.4 is 5.32 Å². The number of hydrogen-bond donors (Lipinski definition) is 2.